The molecule has 0 aliphatic rings. The predicted octanol–water partition coefficient (Wildman–Crippen LogP) is 1.74. The molecular formula is C9H7N2. The van der Waals surface area contributed by atoms with Gasteiger partial charge >= 0.3 is 0 Å². The summed E-state index contributed by atoms with van der Waals surface area (Å²) < 4.78 is 0. The van der Waals surface area contributed by atoms with Crippen molar-refractivity contribution < 1.29 is 0 Å². The van der Waals surface area contributed by atoms with Gasteiger partial charge in [-0.2, -0.15) is 0 Å². The molecule has 0 amide bonds. The fourth-order valence-electron chi connectivity index (χ4n) is 0.993. The van der Waals surface area contributed by atoms with Crippen molar-refractivity contribution in [2.24, 2.45) is 0 Å². The first-order valence-electron chi connectivity index (χ1n) is 3.46. The molecule has 0 atom stereocenters. The van der Waals surface area contributed by atoms with Crippen LogP contribution in [0.5, 0.6) is 0 Å². The molecule has 1 radical (unpaired) electrons. The Morgan fingerprint density at radius 2 is 2.27 bits per heavy atom. The van der Waals surface area contributed by atoms with Gasteiger partial charge in [-0.3, -0.25) is 4.98 Å². The first-order valence-corrected chi connectivity index (χ1v) is 3.46. The van der Waals surface area contributed by atoms with E-state index in [2.05, 4.69) is 16.0 Å². The fourth-order valence-corrected chi connectivity index (χ4v) is 0.993. The summed E-state index contributed by atoms with van der Waals surface area (Å²) >= 11 is 0. The van der Waals surface area contributed by atoms with Crippen molar-refractivity contribution in [2.75, 3.05) is 0 Å². The van der Waals surface area contributed by atoms with Crippen LogP contribution in [0.1, 0.15) is 5.69 Å². The Bertz CT molecular complexity index is 382. The molecule has 53 valence electrons. The highest BCUT2D eigenvalue weighted by atomic mass is 14.8. The molecule has 1 heterocycles. The van der Waals surface area contributed by atoms with E-state index in [9.17, 15) is 0 Å². The van der Waals surface area contributed by atoms with Crippen LogP contribution in [0.3, 0.4) is 0 Å². The van der Waals surface area contributed by atoms with E-state index in [-0.39, 0.29) is 0 Å². The summed E-state index contributed by atoms with van der Waals surface area (Å²) in [7, 11) is 0. The first-order chi connectivity index (χ1) is 5.36. The summed E-state index contributed by atoms with van der Waals surface area (Å²) in [6, 6.07) is 8.54. The second-order valence-corrected chi connectivity index (χ2v) is 2.43. The van der Waals surface area contributed by atoms with Gasteiger partial charge < -0.3 is 0 Å². The molecule has 1 aromatic carbocycles. The number of nitrogens with zero attached hydrogens (tertiary/aromatic N) is 2. The molecule has 1 aromatic heterocycles. The molecular weight excluding hydrogens is 136 g/mol. The van der Waals surface area contributed by atoms with Gasteiger partial charge in [-0.25, -0.2) is 4.98 Å². The lowest BCUT2D eigenvalue weighted by atomic mass is 10.3. The van der Waals surface area contributed by atoms with Crippen LogP contribution in [0.2, 0.25) is 0 Å². The Morgan fingerprint density at radius 3 is 3.18 bits per heavy atom. The topological polar surface area (TPSA) is 25.8 Å². The van der Waals surface area contributed by atoms with E-state index >= 15 is 0 Å². The molecule has 0 aliphatic heterocycles. The number of rotatable bonds is 0. The molecule has 2 nitrogen and oxygen atoms in total. The maximum absolute atomic E-state index is 4.29. The lowest BCUT2D eigenvalue weighted by Gasteiger charge is -1.94. The van der Waals surface area contributed by atoms with Gasteiger partial charge in [-0.1, -0.05) is 6.07 Å². The Hall–Kier alpha value is -1.44. The number of hydrogen-bond acceptors (Lipinski definition) is 2. The van der Waals surface area contributed by atoms with E-state index in [0.29, 0.717) is 0 Å². The van der Waals surface area contributed by atoms with Gasteiger partial charge in [0.15, 0.2) is 0 Å². The molecule has 0 aliphatic carbocycles. The summed E-state index contributed by atoms with van der Waals surface area (Å²) in [6.45, 7) is 1.93. The first kappa shape index (κ1) is 6.28. The predicted molar refractivity (Wildman–Crippen MR) is 43.1 cm³/mol. The molecule has 2 heteroatoms. The second kappa shape index (κ2) is 2.31. The molecule has 0 spiro atoms. The van der Waals surface area contributed by atoms with E-state index in [1.165, 1.54) is 0 Å². The van der Waals surface area contributed by atoms with Crippen molar-refractivity contribution in [2.45, 2.75) is 6.92 Å². The zero-order valence-corrected chi connectivity index (χ0v) is 6.20. The molecule has 11 heavy (non-hydrogen) atoms. The van der Waals surface area contributed by atoms with E-state index < -0.39 is 0 Å². The lowest BCUT2D eigenvalue weighted by Crippen LogP contribution is -1.85. The Morgan fingerprint density at radius 1 is 1.36 bits per heavy atom. The van der Waals surface area contributed by atoms with Gasteiger partial charge in [0.2, 0.25) is 0 Å². The van der Waals surface area contributed by atoms with Gasteiger partial charge in [0.05, 0.1) is 16.7 Å². The number of aryl methyl sites for hydroxylation is 1. The van der Waals surface area contributed by atoms with Crippen LogP contribution in [0.15, 0.2) is 24.4 Å². The van der Waals surface area contributed by atoms with Crippen LogP contribution >= 0.6 is 0 Å². The number of fused-ring (bicyclic) bond motifs is 1. The summed E-state index contributed by atoms with van der Waals surface area (Å²) in [5, 5.41) is 0. The molecule has 0 saturated heterocycles. The zero-order valence-electron chi connectivity index (χ0n) is 6.20. The molecule has 2 aromatic rings. The molecule has 0 N–H and O–H groups in total. The summed E-state index contributed by atoms with van der Waals surface area (Å²) in [6.07, 6.45) is 1.76. The van der Waals surface area contributed by atoms with E-state index in [1.54, 1.807) is 6.20 Å². The van der Waals surface area contributed by atoms with Crippen molar-refractivity contribution >= 4 is 11.0 Å². The van der Waals surface area contributed by atoms with E-state index in [0.717, 1.165) is 16.7 Å². The van der Waals surface area contributed by atoms with Crippen LogP contribution in [0.4, 0.5) is 0 Å². The van der Waals surface area contributed by atoms with Crippen LogP contribution < -0.4 is 0 Å². The van der Waals surface area contributed by atoms with Crippen molar-refractivity contribution in [1.82, 2.24) is 9.97 Å². The minimum atomic E-state index is 0.901. The number of aromatic nitrogens is 2. The molecule has 2 rings (SSSR count). The van der Waals surface area contributed by atoms with E-state index in [4.69, 9.17) is 0 Å². The normalized spacial score (nSPS) is 10.3. The highest BCUT2D eigenvalue weighted by Gasteiger charge is 1.92. The number of benzene rings is 1. The zero-order chi connectivity index (χ0) is 7.68. The van der Waals surface area contributed by atoms with Crippen LogP contribution in [0.25, 0.3) is 11.0 Å². The molecule has 0 unspecified atom stereocenters. The summed E-state index contributed by atoms with van der Waals surface area (Å²) in [5.74, 6) is 0. The third-order valence-corrected chi connectivity index (χ3v) is 1.51. The van der Waals surface area contributed by atoms with Crippen LogP contribution in [0, 0.1) is 13.0 Å². The molecule has 0 saturated carbocycles. The SMILES string of the molecule is Cc1cnc2c[c]ccc2n1. The van der Waals surface area contributed by atoms with Crippen LogP contribution in [-0.2, 0) is 0 Å². The van der Waals surface area contributed by atoms with Gasteiger partial charge in [0, 0.05) is 6.20 Å². The van der Waals surface area contributed by atoms with Gasteiger partial charge in [-0.15, -0.1) is 0 Å². The summed E-state index contributed by atoms with van der Waals surface area (Å²) in [5.41, 5.74) is 2.78. The largest absolute Gasteiger partial charge is 0.253 e. The highest BCUT2D eigenvalue weighted by Crippen LogP contribution is 2.06. The molecule has 0 fully saturated rings. The van der Waals surface area contributed by atoms with Crippen molar-refractivity contribution in [3.8, 4) is 0 Å². The summed E-state index contributed by atoms with van der Waals surface area (Å²) in [4.78, 5) is 8.48. The highest BCUT2D eigenvalue weighted by molar-refractivity contribution is 5.73. The molecule has 0 bridgehead atoms. The van der Waals surface area contributed by atoms with Gasteiger partial charge in [0.1, 0.15) is 0 Å². The third-order valence-electron chi connectivity index (χ3n) is 1.51. The Kier molecular flexibility index (Phi) is 1.32. The lowest BCUT2D eigenvalue weighted by molar-refractivity contribution is 1.18. The van der Waals surface area contributed by atoms with Crippen molar-refractivity contribution in [1.29, 1.82) is 0 Å². The Balaban J connectivity index is 2.83. The monoisotopic (exact) mass is 143 g/mol. The van der Waals surface area contributed by atoms with Gasteiger partial charge in [-0.05, 0) is 25.1 Å². The Labute approximate surface area is 64.9 Å². The van der Waals surface area contributed by atoms with Crippen LogP contribution in [-0.4, -0.2) is 9.97 Å². The average Bonchev–Trinajstić information content (AvgIpc) is 2.04. The number of hydrogen-bond donors (Lipinski definition) is 0. The fraction of sp³-hybridized carbons (Fsp3) is 0.111. The smallest absolute Gasteiger partial charge is 0.0893 e. The minimum Gasteiger partial charge on any atom is -0.253 e. The average molecular weight is 143 g/mol. The quantitative estimate of drug-likeness (QED) is 0.561. The standard InChI is InChI=1S/C9H7N2/c1-7-6-10-8-4-2-3-5-9(8)11-7/h3-6H,1H3. The maximum Gasteiger partial charge on any atom is 0.0893 e. The maximum atomic E-state index is 4.29. The minimum absolute atomic E-state index is 0.901. The van der Waals surface area contributed by atoms with Crippen molar-refractivity contribution in [3.05, 3.63) is 36.2 Å². The second-order valence-electron chi connectivity index (χ2n) is 2.43. The third kappa shape index (κ3) is 1.07. The van der Waals surface area contributed by atoms with E-state index in [1.807, 2.05) is 25.1 Å². The van der Waals surface area contributed by atoms with Crippen molar-refractivity contribution in [3.63, 3.8) is 0 Å². The van der Waals surface area contributed by atoms with Gasteiger partial charge in [0.25, 0.3) is 0 Å².